The fourth-order valence-electron chi connectivity index (χ4n) is 10.1. The highest BCUT2D eigenvalue weighted by atomic mass is 15.0. The number of rotatable bonds is 7. The highest BCUT2D eigenvalue weighted by Crippen LogP contribution is 2.44. The van der Waals surface area contributed by atoms with Crippen LogP contribution < -0.4 is 0 Å². The Bertz CT molecular complexity index is 3780. The molecule has 0 aliphatic heterocycles. The van der Waals surface area contributed by atoms with Crippen LogP contribution in [0.25, 0.3) is 115 Å². The second kappa shape index (κ2) is 16.9. The van der Waals surface area contributed by atoms with Crippen molar-refractivity contribution < 1.29 is 0 Å². The summed E-state index contributed by atoms with van der Waals surface area (Å²) in [6, 6.07) is 80.8. The predicted octanol–water partition coefficient (Wildman–Crippen LogP) is 16.4. The first-order chi connectivity index (χ1) is 34.5. The molecule has 6 heteroatoms. The van der Waals surface area contributed by atoms with Crippen molar-refractivity contribution in [3.8, 4) is 85.2 Å². The summed E-state index contributed by atoms with van der Waals surface area (Å²) in [7, 11) is 0. The van der Waals surface area contributed by atoms with E-state index in [4.69, 9.17) is 6.57 Å². The molecule has 0 aliphatic carbocycles. The lowest BCUT2D eigenvalue weighted by Gasteiger charge is -2.18. The SMILES string of the molecule is [C-]#[N+]c1cc(C#N)c(-c2cc(-n3c4cc(-c5ccccc5)ccc4c4ccc(-c5ccccc5)cc43)c(C#N)cc2C#N)cc1-n1c2cc(-c3ccccc3)ccc2c2ccc(-c3ccccc3)cc21. The summed E-state index contributed by atoms with van der Waals surface area (Å²) in [6.45, 7) is 8.59. The summed E-state index contributed by atoms with van der Waals surface area (Å²) in [4.78, 5) is 4.07. The Morgan fingerprint density at radius 3 is 0.957 bits per heavy atom. The van der Waals surface area contributed by atoms with E-state index in [0.717, 1.165) is 88.1 Å². The molecular formula is C64H36N6. The van der Waals surface area contributed by atoms with Gasteiger partial charge in [0.15, 0.2) is 0 Å². The molecule has 2 heterocycles. The van der Waals surface area contributed by atoms with E-state index in [1.807, 2.05) is 84.9 Å². The molecular weight excluding hydrogens is 853 g/mol. The Kier molecular flexibility index (Phi) is 9.94. The number of nitrogens with zero attached hydrogens (tertiary/aromatic N) is 6. The van der Waals surface area contributed by atoms with Crippen LogP contribution in [0.2, 0.25) is 0 Å². The number of hydrogen-bond acceptors (Lipinski definition) is 3. The van der Waals surface area contributed by atoms with Crippen molar-refractivity contribution in [2.24, 2.45) is 0 Å². The normalized spacial score (nSPS) is 11.1. The minimum Gasteiger partial charge on any atom is -0.319 e. The van der Waals surface area contributed by atoms with Crippen LogP contribution in [-0.2, 0) is 0 Å². The number of benzene rings is 10. The molecule has 0 bridgehead atoms. The van der Waals surface area contributed by atoms with Gasteiger partial charge in [-0.05, 0) is 93.0 Å². The lowest BCUT2D eigenvalue weighted by molar-refractivity contribution is 1.16. The van der Waals surface area contributed by atoms with E-state index in [1.165, 1.54) is 0 Å². The lowest BCUT2D eigenvalue weighted by Crippen LogP contribution is -2.02. The van der Waals surface area contributed by atoms with Gasteiger partial charge in [-0.2, -0.15) is 15.8 Å². The Labute approximate surface area is 404 Å². The zero-order valence-corrected chi connectivity index (χ0v) is 37.5. The number of aromatic nitrogens is 2. The minimum atomic E-state index is 0.231. The molecule has 0 aliphatic rings. The van der Waals surface area contributed by atoms with Crippen molar-refractivity contribution in [1.29, 1.82) is 15.8 Å². The lowest BCUT2D eigenvalue weighted by atomic mass is 9.92. The van der Waals surface area contributed by atoms with E-state index in [2.05, 4.69) is 154 Å². The molecule has 0 atom stereocenters. The first kappa shape index (κ1) is 41.2. The van der Waals surface area contributed by atoms with Crippen LogP contribution in [0.1, 0.15) is 16.7 Å². The summed E-state index contributed by atoms with van der Waals surface area (Å²) >= 11 is 0. The maximum atomic E-state index is 11.0. The number of hydrogen-bond donors (Lipinski definition) is 0. The van der Waals surface area contributed by atoms with Crippen molar-refractivity contribution in [1.82, 2.24) is 9.13 Å². The van der Waals surface area contributed by atoms with Gasteiger partial charge in [-0.15, -0.1) is 0 Å². The molecule has 0 saturated heterocycles. The van der Waals surface area contributed by atoms with Gasteiger partial charge < -0.3 is 9.13 Å². The third-order valence-corrected chi connectivity index (χ3v) is 13.5. The Balaban J connectivity index is 1.15. The van der Waals surface area contributed by atoms with Gasteiger partial charge in [-0.3, -0.25) is 0 Å². The maximum Gasteiger partial charge on any atom is 0.211 e. The van der Waals surface area contributed by atoms with E-state index in [-0.39, 0.29) is 16.8 Å². The summed E-state index contributed by atoms with van der Waals surface area (Å²) in [5.41, 5.74) is 14.9. The highest BCUT2D eigenvalue weighted by Gasteiger charge is 2.24. The van der Waals surface area contributed by atoms with E-state index in [1.54, 1.807) is 12.1 Å². The van der Waals surface area contributed by atoms with Gasteiger partial charge in [0.25, 0.3) is 0 Å². The summed E-state index contributed by atoms with van der Waals surface area (Å²) in [6.07, 6.45) is 0. The van der Waals surface area contributed by atoms with E-state index >= 15 is 0 Å². The van der Waals surface area contributed by atoms with Gasteiger partial charge in [0, 0.05) is 38.2 Å². The van der Waals surface area contributed by atoms with Gasteiger partial charge in [0.05, 0.1) is 63.3 Å². The molecule has 0 spiro atoms. The van der Waals surface area contributed by atoms with Crippen LogP contribution in [-0.4, -0.2) is 9.13 Å². The fraction of sp³-hybridized carbons (Fsp3) is 0. The van der Waals surface area contributed by atoms with Gasteiger partial charge >= 0.3 is 0 Å². The Hall–Kier alpha value is -10.2. The molecule has 0 N–H and O–H groups in total. The molecule has 12 rings (SSSR count). The first-order valence-electron chi connectivity index (χ1n) is 22.9. The number of nitriles is 3. The minimum absolute atomic E-state index is 0.231. The monoisotopic (exact) mass is 888 g/mol. The molecule has 0 unspecified atom stereocenters. The molecule has 6 nitrogen and oxygen atoms in total. The average Bonchev–Trinajstić information content (AvgIpc) is 3.94. The predicted molar refractivity (Wildman–Crippen MR) is 283 cm³/mol. The Morgan fingerprint density at radius 2 is 0.629 bits per heavy atom. The largest absolute Gasteiger partial charge is 0.319 e. The maximum absolute atomic E-state index is 11.0. The molecule has 12 aromatic rings. The van der Waals surface area contributed by atoms with Crippen LogP contribution in [0.4, 0.5) is 5.69 Å². The topological polar surface area (TPSA) is 85.6 Å². The quantitative estimate of drug-likeness (QED) is 0.149. The van der Waals surface area contributed by atoms with E-state index < -0.39 is 0 Å². The van der Waals surface area contributed by atoms with Crippen molar-refractivity contribution in [2.75, 3.05) is 0 Å². The molecule has 0 radical (unpaired) electrons. The molecule has 2 aromatic heterocycles. The number of fused-ring (bicyclic) bond motifs is 6. The summed E-state index contributed by atoms with van der Waals surface area (Å²) in [5.74, 6) is 0. The van der Waals surface area contributed by atoms with Gasteiger partial charge in [-0.1, -0.05) is 170 Å². The smallest absolute Gasteiger partial charge is 0.211 e. The molecule has 0 amide bonds. The second-order valence-electron chi connectivity index (χ2n) is 17.3. The third-order valence-electron chi connectivity index (χ3n) is 13.5. The van der Waals surface area contributed by atoms with Crippen molar-refractivity contribution in [3.05, 3.63) is 246 Å². The first-order valence-corrected chi connectivity index (χ1v) is 22.9. The van der Waals surface area contributed by atoms with Crippen LogP contribution in [0, 0.1) is 40.6 Å². The molecule has 0 fully saturated rings. The summed E-state index contributed by atoms with van der Waals surface area (Å²) < 4.78 is 4.25. The van der Waals surface area contributed by atoms with Crippen molar-refractivity contribution >= 4 is 49.3 Å². The average molecular weight is 889 g/mol. The van der Waals surface area contributed by atoms with E-state index in [9.17, 15) is 15.8 Å². The van der Waals surface area contributed by atoms with Gasteiger partial charge in [-0.25, -0.2) is 4.85 Å². The summed E-state index contributed by atoms with van der Waals surface area (Å²) in [5, 5.41) is 36.9. The zero-order valence-electron chi connectivity index (χ0n) is 37.5. The van der Waals surface area contributed by atoms with Crippen LogP contribution in [0.5, 0.6) is 0 Å². The standard InChI is InChI=1S/C64H36N6/c1-68-58-31-50(39-66)57(37-64(58)70-62-34-47(43-18-10-4-11-19-43)24-28-54(62)55-29-25-48(35-63(55)70)44-20-12-5-13-21-44)56-36-59(51(40-67)30-49(56)38-65)69-60-32-45(41-14-6-2-7-15-41)22-26-52(60)53-27-23-46(33-61(53)69)42-16-8-3-9-17-42/h2-37H. The van der Waals surface area contributed by atoms with E-state index in [0.29, 0.717) is 28.1 Å². The van der Waals surface area contributed by atoms with Crippen LogP contribution in [0.3, 0.4) is 0 Å². The van der Waals surface area contributed by atoms with Crippen LogP contribution >= 0.6 is 0 Å². The highest BCUT2D eigenvalue weighted by molar-refractivity contribution is 6.13. The molecule has 322 valence electrons. The molecule has 10 aromatic carbocycles. The van der Waals surface area contributed by atoms with Crippen LogP contribution in [0.15, 0.2) is 218 Å². The molecule has 70 heavy (non-hydrogen) atoms. The van der Waals surface area contributed by atoms with Crippen molar-refractivity contribution in [3.63, 3.8) is 0 Å². The Morgan fingerprint density at radius 1 is 0.314 bits per heavy atom. The van der Waals surface area contributed by atoms with Crippen molar-refractivity contribution in [2.45, 2.75) is 0 Å². The third kappa shape index (κ3) is 6.77. The molecule has 0 saturated carbocycles. The second-order valence-corrected chi connectivity index (χ2v) is 17.3. The van der Waals surface area contributed by atoms with Gasteiger partial charge in [0.1, 0.15) is 6.07 Å². The fourth-order valence-corrected chi connectivity index (χ4v) is 10.1. The van der Waals surface area contributed by atoms with Gasteiger partial charge in [0.2, 0.25) is 5.69 Å². The zero-order chi connectivity index (χ0) is 47.3.